The van der Waals surface area contributed by atoms with E-state index in [0.717, 1.165) is 10.8 Å². The second-order valence-electron chi connectivity index (χ2n) is 4.01. The van der Waals surface area contributed by atoms with Gasteiger partial charge in [-0.3, -0.25) is 4.57 Å². The standard InChI is InChI=1S/C12H11F3N2O2S/c1-2-20(18,19)10-8-17(9-6-4-3-5-7-9)11(16-10)12(13,14)15/h3-8H,2H2,1H3. The zero-order valence-corrected chi connectivity index (χ0v) is 11.2. The van der Waals surface area contributed by atoms with Gasteiger partial charge >= 0.3 is 6.18 Å². The third-order valence-corrected chi connectivity index (χ3v) is 4.26. The van der Waals surface area contributed by atoms with Crippen molar-refractivity contribution in [1.82, 2.24) is 9.55 Å². The van der Waals surface area contributed by atoms with Crippen LogP contribution in [0.5, 0.6) is 0 Å². The average Bonchev–Trinajstić information content (AvgIpc) is 2.85. The molecule has 1 aromatic heterocycles. The van der Waals surface area contributed by atoms with E-state index >= 15 is 0 Å². The molecule has 0 aliphatic rings. The van der Waals surface area contributed by atoms with E-state index in [1.54, 1.807) is 18.2 Å². The summed E-state index contributed by atoms with van der Waals surface area (Å²) in [6.07, 6.45) is -3.84. The average molecular weight is 304 g/mol. The molecule has 0 bridgehead atoms. The van der Waals surface area contributed by atoms with Crippen molar-refractivity contribution in [3.05, 3.63) is 42.4 Å². The van der Waals surface area contributed by atoms with E-state index in [4.69, 9.17) is 0 Å². The molecule has 4 nitrogen and oxygen atoms in total. The Balaban J connectivity index is 2.68. The van der Waals surface area contributed by atoms with Gasteiger partial charge in [0.1, 0.15) is 0 Å². The number of hydrogen-bond acceptors (Lipinski definition) is 3. The van der Waals surface area contributed by atoms with Gasteiger partial charge in [-0.15, -0.1) is 0 Å². The van der Waals surface area contributed by atoms with Crippen LogP contribution in [0, 0.1) is 0 Å². The van der Waals surface area contributed by atoms with Crippen LogP contribution in [0.3, 0.4) is 0 Å². The lowest BCUT2D eigenvalue weighted by atomic mass is 10.3. The molecule has 0 radical (unpaired) electrons. The van der Waals surface area contributed by atoms with E-state index in [1.165, 1.54) is 19.1 Å². The smallest absolute Gasteiger partial charge is 0.295 e. The van der Waals surface area contributed by atoms with Crippen molar-refractivity contribution in [2.75, 3.05) is 5.75 Å². The van der Waals surface area contributed by atoms with Gasteiger partial charge < -0.3 is 0 Å². The minimum absolute atomic E-state index is 0.199. The highest BCUT2D eigenvalue weighted by Gasteiger charge is 2.38. The van der Waals surface area contributed by atoms with E-state index < -0.39 is 26.9 Å². The van der Waals surface area contributed by atoms with E-state index in [2.05, 4.69) is 4.98 Å². The van der Waals surface area contributed by atoms with E-state index in [-0.39, 0.29) is 11.4 Å². The molecule has 0 aliphatic carbocycles. The molecule has 8 heteroatoms. The summed E-state index contributed by atoms with van der Waals surface area (Å²) >= 11 is 0. The first kappa shape index (κ1) is 14.6. The van der Waals surface area contributed by atoms with Crippen molar-refractivity contribution >= 4 is 9.84 Å². The molecule has 0 amide bonds. The molecule has 20 heavy (non-hydrogen) atoms. The van der Waals surface area contributed by atoms with Crippen molar-refractivity contribution in [1.29, 1.82) is 0 Å². The Morgan fingerprint density at radius 2 is 1.80 bits per heavy atom. The van der Waals surface area contributed by atoms with Crippen LogP contribution >= 0.6 is 0 Å². The molecule has 2 rings (SSSR count). The van der Waals surface area contributed by atoms with Gasteiger partial charge in [-0.2, -0.15) is 13.2 Å². The first-order valence-corrected chi connectivity index (χ1v) is 7.35. The van der Waals surface area contributed by atoms with Crippen LogP contribution in [0.15, 0.2) is 41.6 Å². The number of hydrogen-bond donors (Lipinski definition) is 0. The highest BCUT2D eigenvalue weighted by atomic mass is 32.2. The number of sulfone groups is 1. The Bertz CT molecular complexity index is 706. The number of imidazole rings is 1. The summed E-state index contributed by atoms with van der Waals surface area (Å²) in [5.41, 5.74) is 0.199. The molecule has 0 saturated heterocycles. The first-order valence-electron chi connectivity index (χ1n) is 5.70. The fraction of sp³-hybridized carbons (Fsp3) is 0.250. The van der Waals surface area contributed by atoms with Crippen molar-refractivity contribution in [2.24, 2.45) is 0 Å². The Morgan fingerprint density at radius 1 is 1.20 bits per heavy atom. The van der Waals surface area contributed by atoms with Gasteiger partial charge in [0, 0.05) is 11.9 Å². The van der Waals surface area contributed by atoms with Gasteiger partial charge in [0.15, 0.2) is 14.9 Å². The maximum Gasteiger partial charge on any atom is 0.450 e. The van der Waals surface area contributed by atoms with Gasteiger partial charge in [-0.05, 0) is 12.1 Å². The largest absolute Gasteiger partial charge is 0.450 e. The number of halogens is 3. The van der Waals surface area contributed by atoms with Crippen molar-refractivity contribution in [2.45, 2.75) is 18.1 Å². The Morgan fingerprint density at radius 3 is 2.30 bits per heavy atom. The van der Waals surface area contributed by atoms with Crippen LogP contribution in [0.2, 0.25) is 0 Å². The molecule has 108 valence electrons. The summed E-state index contributed by atoms with van der Waals surface area (Å²) < 4.78 is 63.0. The monoisotopic (exact) mass is 304 g/mol. The predicted octanol–water partition coefficient (Wildman–Crippen LogP) is 2.68. The molecule has 0 N–H and O–H groups in total. The summed E-state index contributed by atoms with van der Waals surface area (Å²) in [5, 5.41) is -0.573. The zero-order chi connectivity index (χ0) is 15.0. The molecule has 1 heterocycles. The van der Waals surface area contributed by atoms with E-state index in [1.807, 2.05) is 0 Å². The minimum atomic E-state index is -4.74. The van der Waals surface area contributed by atoms with Crippen LogP contribution in [0.4, 0.5) is 13.2 Å². The van der Waals surface area contributed by atoms with Crippen molar-refractivity contribution in [3.63, 3.8) is 0 Å². The summed E-state index contributed by atoms with van der Waals surface area (Å²) in [4.78, 5) is 3.25. The number of alkyl halides is 3. The lowest BCUT2D eigenvalue weighted by Crippen LogP contribution is -2.13. The van der Waals surface area contributed by atoms with Gasteiger partial charge in [0.2, 0.25) is 5.82 Å². The van der Waals surface area contributed by atoms with Gasteiger partial charge in [-0.1, -0.05) is 25.1 Å². The number of benzene rings is 1. The highest BCUT2D eigenvalue weighted by molar-refractivity contribution is 7.91. The topological polar surface area (TPSA) is 52.0 Å². The van der Waals surface area contributed by atoms with Crippen LogP contribution in [0.1, 0.15) is 12.7 Å². The SMILES string of the molecule is CCS(=O)(=O)c1cn(-c2ccccc2)c(C(F)(F)F)n1. The zero-order valence-electron chi connectivity index (χ0n) is 10.4. The first-order chi connectivity index (χ1) is 9.25. The fourth-order valence-corrected chi connectivity index (χ4v) is 2.43. The van der Waals surface area contributed by atoms with Crippen LogP contribution in [0.25, 0.3) is 5.69 Å². The molecule has 0 fully saturated rings. The molecule has 0 spiro atoms. The summed E-state index contributed by atoms with van der Waals surface area (Å²) in [5.74, 6) is -1.56. The summed E-state index contributed by atoms with van der Waals surface area (Å²) in [6.45, 7) is 1.35. The summed E-state index contributed by atoms with van der Waals surface area (Å²) in [6, 6.07) is 7.66. The molecule has 0 unspecified atom stereocenters. The number of nitrogens with zero attached hydrogens (tertiary/aromatic N) is 2. The highest BCUT2D eigenvalue weighted by Crippen LogP contribution is 2.31. The number of rotatable bonds is 3. The third-order valence-electron chi connectivity index (χ3n) is 2.67. The van der Waals surface area contributed by atoms with E-state index in [0.29, 0.717) is 0 Å². The molecule has 0 atom stereocenters. The second kappa shape index (κ2) is 4.93. The molecule has 2 aromatic rings. The quantitative estimate of drug-likeness (QED) is 0.876. The van der Waals surface area contributed by atoms with Crippen LogP contribution in [-0.4, -0.2) is 23.7 Å². The third kappa shape index (κ3) is 2.69. The molecule has 0 aliphatic heterocycles. The molecule has 0 saturated carbocycles. The lowest BCUT2D eigenvalue weighted by Gasteiger charge is -2.09. The normalized spacial score (nSPS) is 12.6. The van der Waals surface area contributed by atoms with Gasteiger partial charge in [0.05, 0.1) is 5.75 Å². The van der Waals surface area contributed by atoms with Gasteiger partial charge in [0.25, 0.3) is 0 Å². The summed E-state index contributed by atoms with van der Waals surface area (Å²) in [7, 11) is -3.80. The molecule has 1 aromatic carbocycles. The number of para-hydroxylation sites is 1. The maximum absolute atomic E-state index is 13.0. The Labute approximate surface area is 113 Å². The predicted molar refractivity (Wildman–Crippen MR) is 66.3 cm³/mol. The minimum Gasteiger partial charge on any atom is -0.295 e. The maximum atomic E-state index is 13.0. The molecular weight excluding hydrogens is 293 g/mol. The van der Waals surface area contributed by atoms with Crippen molar-refractivity contribution < 1.29 is 21.6 Å². The van der Waals surface area contributed by atoms with Gasteiger partial charge in [-0.25, -0.2) is 13.4 Å². The molecular formula is C12H11F3N2O2S. The lowest BCUT2D eigenvalue weighted by molar-refractivity contribution is -0.146. The Hall–Kier alpha value is -1.83. The fourth-order valence-electron chi connectivity index (χ4n) is 1.64. The van der Waals surface area contributed by atoms with Crippen LogP contribution in [-0.2, 0) is 16.0 Å². The van der Waals surface area contributed by atoms with Crippen LogP contribution < -0.4 is 0 Å². The van der Waals surface area contributed by atoms with Crippen molar-refractivity contribution in [3.8, 4) is 5.69 Å². The number of aromatic nitrogens is 2. The Kier molecular flexibility index (Phi) is 3.59. The van der Waals surface area contributed by atoms with E-state index in [9.17, 15) is 21.6 Å². The second-order valence-corrected chi connectivity index (χ2v) is 6.23.